The van der Waals surface area contributed by atoms with Gasteiger partial charge in [-0.1, -0.05) is 50.3 Å². The summed E-state index contributed by atoms with van der Waals surface area (Å²) in [6.45, 7) is 7.94. The van der Waals surface area contributed by atoms with Crippen LogP contribution in [0.5, 0.6) is 0 Å². The van der Waals surface area contributed by atoms with Gasteiger partial charge >= 0.3 is 0 Å². The highest BCUT2D eigenvalue weighted by Gasteiger charge is 2.21. The summed E-state index contributed by atoms with van der Waals surface area (Å²) < 4.78 is 0. The Bertz CT molecular complexity index is 862. The van der Waals surface area contributed by atoms with Crippen LogP contribution in [0.15, 0.2) is 54.7 Å². The number of fused-ring (bicyclic) bond motifs is 2. The average Bonchev–Trinajstić information content (AvgIpc) is 3.19. The fourth-order valence-electron chi connectivity index (χ4n) is 2.48. The Balaban J connectivity index is 0.000000160. The molecule has 0 bridgehead atoms. The standard InChI is InChI=1S/C10H9NO.C8H8N2.C2H6/c1-2-7-8-5-3-4-6-9(8)11-10(7)12;1-6-2-3-7-5-9-10-8(7)4-6;1-2/h2-6H,1H3,(H,11,12);2-5H,1H3,(H,9,10);1-2H3/b7-2+;;. The van der Waals surface area contributed by atoms with Crippen molar-refractivity contribution >= 4 is 28.1 Å². The quantitative estimate of drug-likeness (QED) is 0.576. The number of H-pyrrole nitrogens is 1. The van der Waals surface area contributed by atoms with Gasteiger partial charge in [-0.05, 0) is 31.5 Å². The zero-order valence-electron chi connectivity index (χ0n) is 14.6. The first-order valence-electron chi connectivity index (χ1n) is 8.16. The minimum atomic E-state index is -0.00120. The van der Waals surface area contributed by atoms with Gasteiger partial charge in [-0.25, -0.2) is 0 Å². The number of nitrogens with one attached hydrogen (secondary N) is 2. The van der Waals surface area contributed by atoms with Crippen LogP contribution in [0.2, 0.25) is 0 Å². The van der Waals surface area contributed by atoms with Crippen LogP contribution in [0.4, 0.5) is 5.69 Å². The van der Waals surface area contributed by atoms with Crippen LogP contribution in [-0.4, -0.2) is 16.1 Å². The van der Waals surface area contributed by atoms with Gasteiger partial charge in [0.1, 0.15) is 0 Å². The third-order valence-electron chi connectivity index (χ3n) is 3.60. The van der Waals surface area contributed by atoms with E-state index in [9.17, 15) is 4.79 Å². The zero-order chi connectivity index (χ0) is 17.5. The van der Waals surface area contributed by atoms with Crippen LogP contribution in [0, 0.1) is 6.92 Å². The molecular formula is C20H23N3O. The van der Waals surface area contributed by atoms with E-state index in [0.29, 0.717) is 0 Å². The average molecular weight is 321 g/mol. The van der Waals surface area contributed by atoms with Crippen LogP contribution in [0.1, 0.15) is 31.9 Å². The first-order chi connectivity index (χ1) is 11.7. The fourth-order valence-corrected chi connectivity index (χ4v) is 2.48. The molecule has 3 aromatic rings. The third kappa shape index (κ3) is 3.71. The first kappa shape index (κ1) is 17.5. The van der Waals surface area contributed by atoms with Crippen molar-refractivity contribution < 1.29 is 4.79 Å². The molecule has 0 fully saturated rings. The lowest BCUT2D eigenvalue weighted by Crippen LogP contribution is -2.03. The number of rotatable bonds is 0. The van der Waals surface area contributed by atoms with Gasteiger partial charge < -0.3 is 5.32 Å². The summed E-state index contributed by atoms with van der Waals surface area (Å²) in [5.74, 6) is -0.00120. The van der Waals surface area contributed by atoms with Crippen molar-refractivity contribution in [2.75, 3.05) is 5.32 Å². The molecule has 124 valence electrons. The number of hydrogen-bond acceptors (Lipinski definition) is 2. The van der Waals surface area contributed by atoms with E-state index < -0.39 is 0 Å². The SMILES string of the molecule is C/C=C1/C(=O)Nc2ccccc21.CC.Cc1ccc2cn[nH]c2c1. The van der Waals surface area contributed by atoms with Crippen LogP contribution >= 0.6 is 0 Å². The van der Waals surface area contributed by atoms with E-state index in [0.717, 1.165) is 22.3 Å². The van der Waals surface area contributed by atoms with E-state index in [1.54, 1.807) is 0 Å². The lowest BCUT2D eigenvalue weighted by atomic mass is 10.1. The van der Waals surface area contributed by atoms with Crippen molar-refractivity contribution in [3.05, 3.63) is 65.9 Å². The molecule has 0 aliphatic carbocycles. The van der Waals surface area contributed by atoms with E-state index in [4.69, 9.17) is 0 Å². The Morgan fingerprint density at radius 1 is 1.08 bits per heavy atom. The van der Waals surface area contributed by atoms with Crippen molar-refractivity contribution in [3.63, 3.8) is 0 Å². The van der Waals surface area contributed by atoms with E-state index >= 15 is 0 Å². The maximum atomic E-state index is 11.3. The molecule has 1 amide bonds. The van der Waals surface area contributed by atoms with E-state index in [1.165, 1.54) is 10.9 Å². The molecule has 0 radical (unpaired) electrons. The van der Waals surface area contributed by atoms with Crippen LogP contribution in [0.25, 0.3) is 16.5 Å². The maximum absolute atomic E-state index is 11.3. The molecule has 1 aromatic heterocycles. The molecule has 0 unspecified atom stereocenters. The van der Waals surface area contributed by atoms with Crippen molar-refractivity contribution in [2.45, 2.75) is 27.7 Å². The second kappa shape index (κ2) is 8.11. The Hall–Kier alpha value is -2.88. The van der Waals surface area contributed by atoms with Crippen molar-refractivity contribution in [1.29, 1.82) is 0 Å². The van der Waals surface area contributed by atoms with Gasteiger partial charge in [-0.3, -0.25) is 9.89 Å². The predicted octanol–water partition coefficient (Wildman–Crippen LogP) is 4.94. The molecule has 0 saturated heterocycles. The number of amides is 1. The van der Waals surface area contributed by atoms with Crippen LogP contribution < -0.4 is 5.32 Å². The summed E-state index contributed by atoms with van der Waals surface area (Å²) in [5.41, 5.74) is 5.06. The summed E-state index contributed by atoms with van der Waals surface area (Å²) in [5, 5.41) is 10.8. The molecule has 4 nitrogen and oxygen atoms in total. The molecule has 1 aliphatic rings. The molecule has 4 heteroatoms. The molecule has 1 aliphatic heterocycles. The van der Waals surface area contributed by atoms with Crippen molar-refractivity contribution in [3.8, 4) is 0 Å². The number of benzene rings is 2. The van der Waals surface area contributed by atoms with E-state index in [-0.39, 0.29) is 5.91 Å². The fraction of sp³-hybridized carbons (Fsp3) is 0.200. The van der Waals surface area contributed by atoms with Crippen LogP contribution in [0.3, 0.4) is 0 Å². The second-order valence-electron chi connectivity index (χ2n) is 5.16. The Morgan fingerprint density at radius 3 is 2.58 bits per heavy atom. The zero-order valence-corrected chi connectivity index (χ0v) is 14.6. The maximum Gasteiger partial charge on any atom is 0.256 e. The highest BCUT2D eigenvalue weighted by atomic mass is 16.2. The lowest BCUT2D eigenvalue weighted by molar-refractivity contribution is -0.110. The minimum absolute atomic E-state index is 0.00120. The number of carbonyl (C=O) groups is 1. The van der Waals surface area contributed by atoms with Gasteiger partial charge in [0.2, 0.25) is 0 Å². The molecule has 2 heterocycles. The number of para-hydroxylation sites is 1. The molecular weight excluding hydrogens is 298 g/mol. The van der Waals surface area contributed by atoms with Gasteiger partial charge in [-0.2, -0.15) is 5.10 Å². The number of hydrogen-bond donors (Lipinski definition) is 2. The number of anilines is 1. The number of aryl methyl sites for hydroxylation is 1. The normalized spacial score (nSPS) is 13.5. The molecule has 2 aromatic carbocycles. The van der Waals surface area contributed by atoms with Gasteiger partial charge in [0.05, 0.1) is 11.7 Å². The first-order valence-corrected chi connectivity index (χ1v) is 8.16. The van der Waals surface area contributed by atoms with Crippen molar-refractivity contribution in [2.24, 2.45) is 0 Å². The summed E-state index contributed by atoms with van der Waals surface area (Å²) in [6.07, 6.45) is 3.66. The Kier molecular flexibility index (Phi) is 5.90. The largest absolute Gasteiger partial charge is 0.321 e. The molecule has 0 saturated carbocycles. The third-order valence-corrected chi connectivity index (χ3v) is 3.60. The molecule has 24 heavy (non-hydrogen) atoms. The predicted molar refractivity (Wildman–Crippen MR) is 101 cm³/mol. The highest BCUT2D eigenvalue weighted by molar-refractivity contribution is 6.31. The molecule has 2 N–H and O–H groups in total. The Morgan fingerprint density at radius 2 is 1.83 bits per heavy atom. The number of aromatic amines is 1. The van der Waals surface area contributed by atoms with Crippen molar-refractivity contribution in [1.82, 2.24) is 10.2 Å². The summed E-state index contributed by atoms with van der Waals surface area (Å²) in [6, 6.07) is 13.9. The Labute approximate surface area is 142 Å². The summed E-state index contributed by atoms with van der Waals surface area (Å²) >= 11 is 0. The smallest absolute Gasteiger partial charge is 0.256 e. The van der Waals surface area contributed by atoms with E-state index in [2.05, 4.69) is 40.6 Å². The minimum Gasteiger partial charge on any atom is -0.321 e. The molecule has 0 atom stereocenters. The number of aromatic nitrogens is 2. The second-order valence-corrected chi connectivity index (χ2v) is 5.16. The van der Waals surface area contributed by atoms with E-state index in [1.807, 2.05) is 57.3 Å². The summed E-state index contributed by atoms with van der Waals surface area (Å²) in [7, 11) is 0. The monoisotopic (exact) mass is 321 g/mol. The number of allylic oxidation sites excluding steroid dienone is 1. The van der Waals surface area contributed by atoms with Crippen LogP contribution in [-0.2, 0) is 4.79 Å². The number of carbonyl (C=O) groups excluding carboxylic acids is 1. The topological polar surface area (TPSA) is 57.8 Å². The molecule has 0 spiro atoms. The van der Waals surface area contributed by atoms with Gasteiger partial charge in [-0.15, -0.1) is 0 Å². The number of nitrogens with zero attached hydrogens (tertiary/aromatic N) is 1. The lowest BCUT2D eigenvalue weighted by Gasteiger charge is -1.94. The van der Waals surface area contributed by atoms with Gasteiger partial charge in [0.15, 0.2) is 0 Å². The highest BCUT2D eigenvalue weighted by Crippen LogP contribution is 2.30. The van der Waals surface area contributed by atoms with Gasteiger partial charge in [0, 0.05) is 22.2 Å². The van der Waals surface area contributed by atoms with Gasteiger partial charge in [0.25, 0.3) is 5.91 Å². The summed E-state index contributed by atoms with van der Waals surface area (Å²) in [4.78, 5) is 11.3. The molecule has 4 rings (SSSR count).